The van der Waals surface area contributed by atoms with Crippen molar-refractivity contribution in [3.05, 3.63) is 236 Å². The fourth-order valence-corrected chi connectivity index (χ4v) is 11.1. The van der Waals surface area contributed by atoms with Gasteiger partial charge in [0.15, 0.2) is 0 Å². The number of fused-ring (bicyclic) bond motifs is 15. The Morgan fingerprint density at radius 2 is 0.800 bits per heavy atom. The van der Waals surface area contributed by atoms with Gasteiger partial charge in [-0.3, -0.25) is 0 Å². The Morgan fingerprint density at radius 1 is 0.277 bits per heavy atom. The lowest BCUT2D eigenvalue weighted by molar-refractivity contribution is 1.36. The van der Waals surface area contributed by atoms with E-state index in [1.54, 1.807) is 0 Å². The Morgan fingerprint density at radius 3 is 1.46 bits per heavy atom. The zero-order chi connectivity index (χ0) is 42.3. The molecule has 11 aromatic rings. The molecule has 0 unspecified atom stereocenters. The second-order valence-corrected chi connectivity index (χ2v) is 17.3. The van der Waals surface area contributed by atoms with Crippen molar-refractivity contribution in [2.45, 2.75) is 0 Å². The number of hydrogen-bond donors (Lipinski definition) is 1. The maximum Gasteiger partial charge on any atom is 0.0817 e. The number of hydrogen-bond acceptors (Lipinski definition) is 4. The summed E-state index contributed by atoms with van der Waals surface area (Å²) in [5, 5.41) is 10.8. The molecule has 1 aromatic heterocycles. The molecule has 10 aromatic carbocycles. The van der Waals surface area contributed by atoms with E-state index in [0.29, 0.717) is 0 Å². The summed E-state index contributed by atoms with van der Waals surface area (Å²) in [7, 11) is 0. The van der Waals surface area contributed by atoms with Gasteiger partial charge in [-0.2, -0.15) is 0 Å². The van der Waals surface area contributed by atoms with E-state index < -0.39 is 0 Å². The number of rotatable bonds is 4. The van der Waals surface area contributed by atoms with Crippen molar-refractivity contribution in [1.29, 1.82) is 0 Å². The molecule has 0 radical (unpaired) electrons. The van der Waals surface area contributed by atoms with Crippen molar-refractivity contribution in [2.75, 3.05) is 0 Å². The lowest BCUT2D eigenvalue weighted by Gasteiger charge is -2.23. The number of nitrogens with one attached hydrogen (secondary N) is 1. The van der Waals surface area contributed by atoms with Crippen LogP contribution in [0.1, 0.15) is 0 Å². The van der Waals surface area contributed by atoms with Gasteiger partial charge in [0.2, 0.25) is 0 Å². The SMILES string of the molecule is c1ccc(-c2ccc3c(c2-c2ccccc2-c2c(-c4cccc5c4[nH]c4ccccc45)ccc4c2-c2c5c(ccc2=N4)=c2ccccc2=N5)-c2c4c(ccc2=N3)=c2ccccc2=N4)cc1. The predicted octanol–water partition coefficient (Wildman–Crippen LogP) is 13.0. The van der Waals surface area contributed by atoms with E-state index in [1.807, 2.05) is 0 Å². The van der Waals surface area contributed by atoms with Crippen LogP contribution in [0.2, 0.25) is 0 Å². The standard InChI is InChI=1S/C60H33N5/c1-2-13-33(14-3-1)34-25-29-48-54(56-50(61-48)31-27-43-36-16-7-10-23-46(36)64-59(43)56)52(34)38-18-4-5-19-39(38)53-40(42-21-12-20-41-35-15-6-9-22-45(35)63-58(41)42)26-30-49-55(53)57-51(62-49)32-28-44-37-17-8-11-24-47(37)65-60(44)57/h1-32,63H. The van der Waals surface area contributed by atoms with Crippen molar-refractivity contribution in [3.63, 3.8) is 0 Å². The van der Waals surface area contributed by atoms with Crippen molar-refractivity contribution >= 4 is 44.6 Å². The van der Waals surface area contributed by atoms with Crippen molar-refractivity contribution < 1.29 is 0 Å². The van der Waals surface area contributed by atoms with Crippen LogP contribution in [0.4, 0.5) is 22.7 Å². The summed E-state index contributed by atoms with van der Waals surface area (Å²) in [6.45, 7) is 0. The minimum absolute atomic E-state index is 0.935. The van der Waals surface area contributed by atoms with E-state index in [2.05, 4.69) is 199 Å². The van der Waals surface area contributed by atoms with E-state index >= 15 is 0 Å². The molecule has 4 aliphatic rings. The van der Waals surface area contributed by atoms with Crippen LogP contribution in [0.3, 0.4) is 0 Å². The number of H-pyrrole nitrogens is 1. The third-order valence-corrected chi connectivity index (χ3v) is 13.9. The van der Waals surface area contributed by atoms with Crippen LogP contribution in [0.5, 0.6) is 0 Å². The number of aromatic nitrogens is 1. The average molecular weight is 824 g/mol. The van der Waals surface area contributed by atoms with E-state index in [-0.39, 0.29) is 0 Å². The van der Waals surface area contributed by atoms with Crippen LogP contribution in [0.15, 0.2) is 214 Å². The first-order valence-electron chi connectivity index (χ1n) is 22.1. The highest BCUT2D eigenvalue weighted by molar-refractivity contribution is 6.16. The predicted molar refractivity (Wildman–Crippen MR) is 260 cm³/mol. The Kier molecular flexibility index (Phi) is 6.89. The number of aromatic amines is 1. The molecule has 5 heterocycles. The highest BCUT2D eigenvalue weighted by Crippen LogP contribution is 2.55. The van der Waals surface area contributed by atoms with Crippen LogP contribution >= 0.6 is 0 Å². The van der Waals surface area contributed by atoms with Gasteiger partial charge in [0.25, 0.3) is 0 Å². The molecule has 5 nitrogen and oxygen atoms in total. The maximum absolute atomic E-state index is 5.39. The van der Waals surface area contributed by atoms with Gasteiger partial charge < -0.3 is 4.98 Å². The first-order chi connectivity index (χ1) is 32.2. The molecule has 0 aliphatic carbocycles. The topological polar surface area (TPSA) is 65.2 Å². The van der Waals surface area contributed by atoms with Crippen LogP contribution in [0.25, 0.3) is 88.6 Å². The third-order valence-electron chi connectivity index (χ3n) is 13.9. The molecule has 1 N–H and O–H groups in total. The summed E-state index contributed by atoms with van der Waals surface area (Å²) < 4.78 is 0. The summed E-state index contributed by atoms with van der Waals surface area (Å²) in [6.07, 6.45) is 0. The molecule has 15 rings (SSSR count). The zero-order valence-corrected chi connectivity index (χ0v) is 34.8. The van der Waals surface area contributed by atoms with E-state index in [1.165, 1.54) is 10.8 Å². The molecular formula is C60H33N5. The molecule has 0 saturated carbocycles. The van der Waals surface area contributed by atoms with Gasteiger partial charge in [0.1, 0.15) is 0 Å². The molecule has 0 fully saturated rings. The fourth-order valence-electron chi connectivity index (χ4n) is 11.1. The molecule has 0 amide bonds. The van der Waals surface area contributed by atoms with Gasteiger partial charge in [0, 0.05) is 76.1 Å². The van der Waals surface area contributed by atoms with Gasteiger partial charge in [-0.1, -0.05) is 140 Å². The monoisotopic (exact) mass is 823 g/mol. The Hall–Kier alpha value is -8.80. The highest BCUT2D eigenvalue weighted by Gasteiger charge is 2.32. The van der Waals surface area contributed by atoms with Crippen LogP contribution < -0.4 is 21.4 Å². The van der Waals surface area contributed by atoms with E-state index in [9.17, 15) is 0 Å². The second-order valence-electron chi connectivity index (χ2n) is 17.3. The summed E-state index contributed by atoms with van der Waals surface area (Å²) in [5.74, 6) is 0. The van der Waals surface area contributed by atoms with Gasteiger partial charge >= 0.3 is 0 Å². The second kappa shape index (κ2) is 12.9. The summed E-state index contributed by atoms with van der Waals surface area (Å²) in [6, 6.07) is 69.7. The number of nitrogens with zero attached hydrogens (tertiary/aromatic N) is 4. The lowest BCUT2D eigenvalue weighted by atomic mass is 9.80. The molecule has 4 aliphatic heterocycles. The molecule has 0 spiro atoms. The zero-order valence-electron chi connectivity index (χ0n) is 34.8. The lowest BCUT2D eigenvalue weighted by Crippen LogP contribution is -2.03. The first kappa shape index (κ1) is 34.7. The largest absolute Gasteiger partial charge is 0.354 e. The van der Waals surface area contributed by atoms with Crippen molar-refractivity contribution in [1.82, 2.24) is 4.98 Å². The summed E-state index contributed by atoms with van der Waals surface area (Å²) in [5.41, 5.74) is 19.4. The number of benzene rings is 10. The molecule has 298 valence electrons. The van der Waals surface area contributed by atoms with Crippen molar-refractivity contribution in [2.24, 2.45) is 20.0 Å². The molecule has 0 bridgehead atoms. The Bertz CT molecular complexity index is 4470. The quantitative estimate of drug-likeness (QED) is 0.184. The molecule has 65 heavy (non-hydrogen) atoms. The van der Waals surface area contributed by atoms with Gasteiger partial charge in [-0.15, -0.1) is 0 Å². The van der Waals surface area contributed by atoms with Crippen molar-refractivity contribution in [3.8, 4) is 66.8 Å². The fraction of sp³-hybridized carbons (Fsp3) is 0. The summed E-state index contributed by atoms with van der Waals surface area (Å²) >= 11 is 0. The third kappa shape index (κ3) is 4.76. The highest BCUT2D eigenvalue weighted by atomic mass is 14.8. The molecular weight excluding hydrogens is 791 g/mol. The van der Waals surface area contributed by atoms with Gasteiger partial charge in [-0.25, -0.2) is 20.0 Å². The Labute approximate surface area is 371 Å². The Balaban J connectivity index is 1.09. The summed E-state index contributed by atoms with van der Waals surface area (Å²) in [4.78, 5) is 25.3. The van der Waals surface area contributed by atoms with Gasteiger partial charge in [0.05, 0.1) is 49.7 Å². The van der Waals surface area contributed by atoms with Crippen LogP contribution in [-0.2, 0) is 0 Å². The molecule has 0 atom stereocenters. The minimum atomic E-state index is 0.935. The minimum Gasteiger partial charge on any atom is -0.354 e. The van der Waals surface area contributed by atoms with Crippen LogP contribution in [-0.4, -0.2) is 4.98 Å². The number of para-hydroxylation sites is 4. The van der Waals surface area contributed by atoms with Gasteiger partial charge in [-0.05, 0) is 82.4 Å². The average Bonchev–Trinajstić information content (AvgIpc) is 4.19. The normalized spacial score (nSPS) is 12.8. The maximum atomic E-state index is 5.39. The smallest absolute Gasteiger partial charge is 0.0817 e. The van der Waals surface area contributed by atoms with E-state index in [0.717, 1.165) is 143 Å². The molecule has 5 heteroatoms. The van der Waals surface area contributed by atoms with E-state index in [4.69, 9.17) is 20.0 Å². The van der Waals surface area contributed by atoms with Crippen LogP contribution in [0, 0.1) is 20.9 Å². The first-order valence-corrected chi connectivity index (χ1v) is 22.1. The molecule has 0 saturated heterocycles.